The zero-order chi connectivity index (χ0) is 27.5. The Bertz CT molecular complexity index is 1160. The van der Waals surface area contributed by atoms with Gasteiger partial charge in [0.1, 0.15) is 28.9 Å². The van der Waals surface area contributed by atoms with E-state index < -0.39 is 29.7 Å². The average Bonchev–Trinajstić information content (AvgIpc) is 2.90. The third-order valence-corrected chi connectivity index (χ3v) is 5.97. The number of aliphatic hydroxyl groups excluding tert-OH is 1. The molecule has 204 valence electrons. The maximum absolute atomic E-state index is 13.8. The van der Waals surface area contributed by atoms with Crippen LogP contribution in [0, 0.1) is 11.6 Å². The van der Waals surface area contributed by atoms with E-state index in [1.807, 2.05) is 18.2 Å². The molecule has 0 saturated heterocycles. The van der Waals surface area contributed by atoms with E-state index in [2.05, 4.69) is 23.6 Å². The molecule has 0 aromatic heterocycles. The Morgan fingerprint density at radius 3 is 2.16 bits per heavy atom. The molecular weight excluding hydrogens is 494 g/mol. The van der Waals surface area contributed by atoms with E-state index >= 15 is 0 Å². The number of amides is 1. The highest BCUT2D eigenvalue weighted by Gasteiger charge is 2.23. The summed E-state index contributed by atoms with van der Waals surface area (Å²) in [4.78, 5) is 12.8. The minimum Gasteiger partial charge on any atom is -0.496 e. The van der Waals surface area contributed by atoms with Gasteiger partial charge in [-0.2, -0.15) is 0 Å². The number of methoxy groups -OCH3 is 2. The quantitative estimate of drug-likeness (QED) is 0.295. The van der Waals surface area contributed by atoms with Gasteiger partial charge in [0, 0.05) is 37.4 Å². The molecule has 3 N–H and O–H groups in total. The summed E-state index contributed by atoms with van der Waals surface area (Å²) < 4.78 is 43.6. The van der Waals surface area contributed by atoms with Gasteiger partial charge in [-0.15, -0.1) is 0 Å². The van der Waals surface area contributed by atoms with Crippen LogP contribution in [0.5, 0.6) is 17.2 Å². The van der Waals surface area contributed by atoms with Crippen molar-refractivity contribution in [3.63, 3.8) is 0 Å². The Morgan fingerprint density at radius 1 is 0.895 bits per heavy atom. The summed E-state index contributed by atoms with van der Waals surface area (Å²) in [5, 5.41) is 16.8. The minimum atomic E-state index is -1.04. The van der Waals surface area contributed by atoms with Crippen molar-refractivity contribution < 1.29 is 32.9 Å². The summed E-state index contributed by atoms with van der Waals surface area (Å²) in [6, 6.07) is 15.3. The molecular formula is C29H34F2N2O5. The van der Waals surface area contributed by atoms with Gasteiger partial charge < -0.3 is 30.0 Å². The molecule has 0 saturated carbocycles. The molecule has 3 aromatic carbocycles. The Morgan fingerprint density at radius 2 is 1.53 bits per heavy atom. The van der Waals surface area contributed by atoms with E-state index in [0.29, 0.717) is 29.4 Å². The predicted octanol–water partition coefficient (Wildman–Crippen LogP) is 3.80. The third-order valence-electron chi connectivity index (χ3n) is 5.97. The summed E-state index contributed by atoms with van der Waals surface area (Å²) in [5.74, 6) is -0.624. The molecule has 1 amide bonds. The molecule has 7 nitrogen and oxygen atoms in total. The molecule has 0 spiro atoms. The van der Waals surface area contributed by atoms with Gasteiger partial charge in [-0.25, -0.2) is 8.78 Å². The molecule has 0 aliphatic carbocycles. The summed E-state index contributed by atoms with van der Waals surface area (Å²) in [7, 11) is 3.00. The summed E-state index contributed by atoms with van der Waals surface area (Å²) >= 11 is 0. The number of carbonyl (C=O) groups is 1. The van der Waals surface area contributed by atoms with Crippen LogP contribution in [-0.4, -0.2) is 50.5 Å². The lowest BCUT2D eigenvalue weighted by atomic mass is 10.0. The number of halogens is 2. The molecule has 9 heteroatoms. The lowest BCUT2D eigenvalue weighted by molar-refractivity contribution is -0.124. The highest BCUT2D eigenvalue weighted by atomic mass is 19.1. The zero-order valence-corrected chi connectivity index (χ0v) is 21.8. The van der Waals surface area contributed by atoms with Crippen molar-refractivity contribution in [3.05, 3.63) is 89.0 Å². The number of ether oxygens (including phenoxy) is 3. The van der Waals surface area contributed by atoms with Crippen molar-refractivity contribution in [2.75, 3.05) is 27.4 Å². The average molecular weight is 529 g/mol. The van der Waals surface area contributed by atoms with Crippen LogP contribution >= 0.6 is 0 Å². The van der Waals surface area contributed by atoms with Crippen molar-refractivity contribution in [3.8, 4) is 17.2 Å². The molecule has 0 heterocycles. The lowest BCUT2D eigenvalue weighted by Gasteiger charge is -2.25. The second-order valence-electron chi connectivity index (χ2n) is 8.86. The second kappa shape index (κ2) is 14.3. The Balaban J connectivity index is 1.65. The molecule has 3 aromatic rings. The van der Waals surface area contributed by atoms with Gasteiger partial charge in [-0.05, 0) is 41.7 Å². The van der Waals surface area contributed by atoms with Crippen molar-refractivity contribution in [2.24, 2.45) is 0 Å². The van der Waals surface area contributed by atoms with E-state index in [9.17, 15) is 18.7 Å². The first kappa shape index (κ1) is 28.9. The van der Waals surface area contributed by atoms with E-state index in [0.717, 1.165) is 18.1 Å². The molecule has 0 unspecified atom stereocenters. The number of aryl methyl sites for hydroxylation is 1. The second-order valence-corrected chi connectivity index (χ2v) is 8.86. The third kappa shape index (κ3) is 9.00. The maximum atomic E-state index is 13.8. The fourth-order valence-corrected chi connectivity index (χ4v) is 3.99. The molecule has 38 heavy (non-hydrogen) atoms. The van der Waals surface area contributed by atoms with Gasteiger partial charge in [-0.1, -0.05) is 31.2 Å². The highest BCUT2D eigenvalue weighted by molar-refractivity contribution is 5.78. The lowest BCUT2D eigenvalue weighted by Crippen LogP contribution is -2.49. The first-order valence-electron chi connectivity index (χ1n) is 12.4. The number of carbonyl (C=O) groups excluding carboxylic acids is 1. The summed E-state index contributed by atoms with van der Waals surface area (Å²) in [5.41, 5.74) is 2.57. The van der Waals surface area contributed by atoms with Gasteiger partial charge in [0.05, 0.1) is 26.4 Å². The van der Waals surface area contributed by atoms with Crippen LogP contribution in [0.3, 0.4) is 0 Å². The molecule has 3 rings (SSSR count). The topological polar surface area (TPSA) is 89.1 Å². The molecule has 0 aliphatic rings. The van der Waals surface area contributed by atoms with E-state index in [1.165, 1.54) is 31.9 Å². The Hall–Kier alpha value is -3.69. The van der Waals surface area contributed by atoms with Crippen LogP contribution in [0.2, 0.25) is 0 Å². The SMILES string of the molecule is CCc1cccc(CNC[C@@H](O)[C@H](Cc2cc(F)cc(F)c2)NC(=O)COc2cc(OC)cc(OC)c2)c1. The van der Waals surface area contributed by atoms with Crippen LogP contribution in [0.1, 0.15) is 23.6 Å². The van der Waals surface area contributed by atoms with Gasteiger partial charge in [0.15, 0.2) is 6.61 Å². The van der Waals surface area contributed by atoms with Gasteiger partial charge in [0.2, 0.25) is 0 Å². The van der Waals surface area contributed by atoms with Crippen LogP contribution < -0.4 is 24.8 Å². The Labute approximate surface area is 221 Å². The molecule has 0 bridgehead atoms. The number of nitrogens with one attached hydrogen (secondary N) is 2. The number of hydrogen-bond donors (Lipinski definition) is 3. The number of hydrogen-bond acceptors (Lipinski definition) is 6. The van der Waals surface area contributed by atoms with Crippen LogP contribution in [-0.2, 0) is 24.2 Å². The summed E-state index contributed by atoms with van der Waals surface area (Å²) in [6.45, 7) is 2.38. The highest BCUT2D eigenvalue weighted by Crippen LogP contribution is 2.27. The minimum absolute atomic E-state index is 0.0154. The molecule has 2 atom stereocenters. The number of aliphatic hydroxyl groups is 1. The van der Waals surface area contributed by atoms with Crippen molar-refractivity contribution >= 4 is 5.91 Å². The van der Waals surface area contributed by atoms with Gasteiger partial charge in [-0.3, -0.25) is 4.79 Å². The molecule has 0 radical (unpaired) electrons. The van der Waals surface area contributed by atoms with Crippen molar-refractivity contribution in [2.45, 2.75) is 38.5 Å². The first-order chi connectivity index (χ1) is 18.3. The van der Waals surface area contributed by atoms with E-state index in [4.69, 9.17) is 14.2 Å². The van der Waals surface area contributed by atoms with Crippen LogP contribution in [0.25, 0.3) is 0 Å². The standard InChI is InChI=1S/C29H34F2N2O5/c1-4-19-6-5-7-20(8-19)16-32-17-28(34)27(11-21-9-22(30)12-23(31)10-21)33-29(35)18-38-26-14-24(36-2)13-25(15-26)37-3/h5-10,12-15,27-28,32,34H,4,11,16-18H2,1-3H3,(H,33,35)/t27-,28+/m0/s1. The Kier molecular flexibility index (Phi) is 10.9. The first-order valence-corrected chi connectivity index (χ1v) is 12.4. The largest absolute Gasteiger partial charge is 0.496 e. The van der Waals surface area contributed by atoms with Crippen LogP contribution in [0.4, 0.5) is 8.78 Å². The van der Waals surface area contributed by atoms with Gasteiger partial charge >= 0.3 is 0 Å². The van der Waals surface area contributed by atoms with E-state index in [1.54, 1.807) is 18.2 Å². The molecule has 0 aliphatic heterocycles. The van der Waals surface area contributed by atoms with Crippen LogP contribution in [0.15, 0.2) is 60.7 Å². The van der Waals surface area contributed by atoms with E-state index in [-0.39, 0.29) is 19.6 Å². The summed E-state index contributed by atoms with van der Waals surface area (Å²) in [6.07, 6.45) is -0.113. The number of benzene rings is 3. The fourth-order valence-electron chi connectivity index (χ4n) is 3.99. The van der Waals surface area contributed by atoms with Gasteiger partial charge in [0.25, 0.3) is 5.91 Å². The fraction of sp³-hybridized carbons (Fsp3) is 0.345. The molecule has 0 fully saturated rings. The van der Waals surface area contributed by atoms with Crippen molar-refractivity contribution in [1.29, 1.82) is 0 Å². The smallest absolute Gasteiger partial charge is 0.258 e. The normalized spacial score (nSPS) is 12.5. The number of rotatable bonds is 14. The monoisotopic (exact) mass is 528 g/mol. The zero-order valence-electron chi connectivity index (χ0n) is 21.8. The predicted molar refractivity (Wildman–Crippen MR) is 141 cm³/mol. The maximum Gasteiger partial charge on any atom is 0.258 e. The van der Waals surface area contributed by atoms with Crippen molar-refractivity contribution in [1.82, 2.24) is 10.6 Å².